The molecule has 0 bridgehead atoms. The summed E-state index contributed by atoms with van der Waals surface area (Å²) in [5.41, 5.74) is 1.51. The van der Waals surface area contributed by atoms with Crippen LogP contribution in [0.5, 0.6) is 0 Å². The summed E-state index contributed by atoms with van der Waals surface area (Å²) in [7, 11) is 0. The zero-order chi connectivity index (χ0) is 10.7. The summed E-state index contributed by atoms with van der Waals surface area (Å²) < 4.78 is 5.58. The fraction of sp³-hybridized carbons (Fsp3) is 0.364. The Morgan fingerprint density at radius 3 is 3.07 bits per heavy atom. The third kappa shape index (κ3) is 2.37. The van der Waals surface area contributed by atoms with Gasteiger partial charge in [-0.05, 0) is 17.7 Å². The smallest absolute Gasteiger partial charge is 0.150 e. The van der Waals surface area contributed by atoms with Crippen LogP contribution in [0.3, 0.4) is 0 Å². The van der Waals surface area contributed by atoms with Crippen LogP contribution in [-0.2, 0) is 4.74 Å². The van der Waals surface area contributed by atoms with Gasteiger partial charge >= 0.3 is 0 Å². The Kier molecular flexibility index (Phi) is 3.36. The van der Waals surface area contributed by atoms with Gasteiger partial charge in [-0.2, -0.15) is 0 Å². The Bertz CT molecular complexity index is 362. The lowest BCUT2D eigenvalue weighted by Crippen LogP contribution is -2.33. The van der Waals surface area contributed by atoms with E-state index in [9.17, 15) is 4.79 Å². The van der Waals surface area contributed by atoms with Crippen molar-refractivity contribution in [3.8, 4) is 0 Å². The number of aldehydes is 1. The lowest BCUT2D eigenvalue weighted by atomic mass is 10.0. The maximum Gasteiger partial charge on any atom is 0.150 e. The summed E-state index contributed by atoms with van der Waals surface area (Å²) in [6.07, 6.45) is 0.773. The second-order valence-corrected chi connectivity index (χ2v) is 3.89. The van der Waals surface area contributed by atoms with Crippen LogP contribution in [0.15, 0.2) is 18.2 Å². The first-order valence-corrected chi connectivity index (χ1v) is 5.26. The normalized spacial score (nSPS) is 21.3. The molecule has 1 aromatic rings. The quantitative estimate of drug-likeness (QED) is 0.781. The number of hydrogen-bond donors (Lipinski definition) is 1. The van der Waals surface area contributed by atoms with Crippen molar-refractivity contribution < 1.29 is 9.53 Å². The molecular weight excluding hydrogens is 214 g/mol. The SMILES string of the molecule is O=Cc1cc(Cl)ccc1C1CNCCO1. The van der Waals surface area contributed by atoms with E-state index >= 15 is 0 Å². The van der Waals surface area contributed by atoms with Gasteiger partial charge in [0.2, 0.25) is 0 Å². The van der Waals surface area contributed by atoms with Gasteiger partial charge in [-0.25, -0.2) is 0 Å². The molecule has 1 unspecified atom stereocenters. The molecule has 1 aliphatic heterocycles. The van der Waals surface area contributed by atoms with Gasteiger partial charge in [0.1, 0.15) is 6.29 Å². The maximum atomic E-state index is 10.9. The largest absolute Gasteiger partial charge is 0.371 e. The van der Waals surface area contributed by atoms with E-state index in [1.54, 1.807) is 12.1 Å². The molecule has 0 radical (unpaired) electrons. The third-order valence-corrected chi connectivity index (χ3v) is 2.69. The molecule has 0 saturated carbocycles. The van der Waals surface area contributed by atoms with Crippen molar-refractivity contribution in [2.45, 2.75) is 6.10 Å². The number of ether oxygens (including phenoxy) is 1. The van der Waals surface area contributed by atoms with Crippen LogP contribution in [0, 0.1) is 0 Å². The molecular formula is C11H12ClNO2. The first kappa shape index (κ1) is 10.6. The summed E-state index contributed by atoms with van der Waals surface area (Å²) in [4.78, 5) is 10.9. The second kappa shape index (κ2) is 4.75. The van der Waals surface area contributed by atoms with Crippen molar-refractivity contribution in [3.05, 3.63) is 34.3 Å². The van der Waals surface area contributed by atoms with Crippen molar-refractivity contribution in [3.63, 3.8) is 0 Å². The highest BCUT2D eigenvalue weighted by Crippen LogP contribution is 2.24. The van der Waals surface area contributed by atoms with Crippen LogP contribution in [0.2, 0.25) is 5.02 Å². The number of rotatable bonds is 2. The van der Waals surface area contributed by atoms with E-state index in [2.05, 4.69) is 5.32 Å². The van der Waals surface area contributed by atoms with Crippen LogP contribution < -0.4 is 5.32 Å². The minimum Gasteiger partial charge on any atom is -0.371 e. The van der Waals surface area contributed by atoms with E-state index < -0.39 is 0 Å². The van der Waals surface area contributed by atoms with Gasteiger partial charge in [0.15, 0.2) is 0 Å². The lowest BCUT2D eigenvalue weighted by molar-refractivity contribution is 0.0273. The maximum absolute atomic E-state index is 10.9. The third-order valence-electron chi connectivity index (χ3n) is 2.45. The Hall–Kier alpha value is -0.900. The molecule has 80 valence electrons. The minimum absolute atomic E-state index is 0.0452. The van der Waals surface area contributed by atoms with Crippen molar-refractivity contribution in [2.75, 3.05) is 19.7 Å². The molecule has 0 aromatic heterocycles. The second-order valence-electron chi connectivity index (χ2n) is 3.45. The molecule has 1 heterocycles. The molecule has 15 heavy (non-hydrogen) atoms. The Balaban J connectivity index is 2.29. The van der Waals surface area contributed by atoms with E-state index in [0.29, 0.717) is 17.2 Å². The monoisotopic (exact) mass is 225 g/mol. The zero-order valence-corrected chi connectivity index (χ0v) is 8.96. The number of hydrogen-bond acceptors (Lipinski definition) is 3. The molecule has 4 heteroatoms. The highest BCUT2D eigenvalue weighted by Gasteiger charge is 2.18. The van der Waals surface area contributed by atoms with Gasteiger partial charge in [0.05, 0.1) is 12.7 Å². The molecule has 1 aromatic carbocycles. The topological polar surface area (TPSA) is 38.3 Å². The van der Waals surface area contributed by atoms with E-state index in [4.69, 9.17) is 16.3 Å². The summed E-state index contributed by atoms with van der Waals surface area (Å²) in [5, 5.41) is 3.80. The molecule has 2 rings (SSSR count). The van der Waals surface area contributed by atoms with Gasteiger partial charge in [-0.1, -0.05) is 17.7 Å². The molecule has 1 saturated heterocycles. The van der Waals surface area contributed by atoms with Crippen LogP contribution in [0.4, 0.5) is 0 Å². The molecule has 1 fully saturated rings. The van der Waals surface area contributed by atoms with Gasteiger partial charge in [0.25, 0.3) is 0 Å². The van der Waals surface area contributed by atoms with E-state index in [-0.39, 0.29) is 6.10 Å². The molecule has 0 amide bonds. The van der Waals surface area contributed by atoms with Gasteiger partial charge < -0.3 is 10.1 Å². The molecule has 3 nitrogen and oxygen atoms in total. The minimum atomic E-state index is -0.0452. The van der Waals surface area contributed by atoms with Gasteiger partial charge in [-0.3, -0.25) is 4.79 Å². The fourth-order valence-corrected chi connectivity index (χ4v) is 1.89. The lowest BCUT2D eigenvalue weighted by Gasteiger charge is -2.24. The van der Waals surface area contributed by atoms with Gasteiger partial charge in [0, 0.05) is 23.7 Å². The molecule has 1 N–H and O–H groups in total. The van der Waals surface area contributed by atoms with Crippen molar-refractivity contribution in [2.24, 2.45) is 0 Å². The Morgan fingerprint density at radius 2 is 2.40 bits per heavy atom. The van der Waals surface area contributed by atoms with Crippen molar-refractivity contribution >= 4 is 17.9 Å². The zero-order valence-electron chi connectivity index (χ0n) is 8.20. The number of benzene rings is 1. The predicted molar refractivity (Wildman–Crippen MR) is 58.4 cm³/mol. The standard InChI is InChI=1S/C11H12ClNO2/c12-9-1-2-10(8(5-9)7-14)11-6-13-3-4-15-11/h1-2,5,7,11,13H,3-4,6H2. The van der Waals surface area contributed by atoms with E-state index in [1.807, 2.05) is 6.07 Å². The first-order valence-electron chi connectivity index (χ1n) is 4.88. The van der Waals surface area contributed by atoms with Gasteiger partial charge in [-0.15, -0.1) is 0 Å². The Morgan fingerprint density at radius 1 is 1.53 bits per heavy atom. The summed E-state index contributed by atoms with van der Waals surface area (Å²) in [6, 6.07) is 5.30. The molecule has 1 aliphatic rings. The molecule has 1 atom stereocenters. The van der Waals surface area contributed by atoms with Crippen molar-refractivity contribution in [1.82, 2.24) is 5.32 Å². The highest BCUT2D eigenvalue weighted by molar-refractivity contribution is 6.30. The Labute approximate surface area is 93.4 Å². The van der Waals surface area contributed by atoms with Crippen molar-refractivity contribution in [1.29, 1.82) is 0 Å². The van der Waals surface area contributed by atoms with Crippen LogP contribution in [0.25, 0.3) is 0 Å². The highest BCUT2D eigenvalue weighted by atomic mass is 35.5. The molecule has 0 spiro atoms. The number of halogens is 1. The number of carbonyl (C=O) groups is 1. The van der Waals surface area contributed by atoms with E-state index in [0.717, 1.165) is 24.9 Å². The van der Waals surface area contributed by atoms with Crippen LogP contribution in [0.1, 0.15) is 22.0 Å². The first-order chi connectivity index (χ1) is 7.31. The number of carbonyl (C=O) groups excluding carboxylic acids is 1. The van der Waals surface area contributed by atoms with E-state index in [1.165, 1.54) is 0 Å². The summed E-state index contributed by atoms with van der Waals surface area (Å²) >= 11 is 5.82. The summed E-state index contributed by atoms with van der Waals surface area (Å²) in [6.45, 7) is 2.27. The van der Waals surface area contributed by atoms with Crippen LogP contribution >= 0.6 is 11.6 Å². The number of morpholine rings is 1. The predicted octanol–water partition coefficient (Wildman–Crippen LogP) is 1.81. The average Bonchev–Trinajstić information content (AvgIpc) is 2.30. The van der Waals surface area contributed by atoms with Crippen LogP contribution in [-0.4, -0.2) is 26.0 Å². The fourth-order valence-electron chi connectivity index (χ4n) is 1.71. The average molecular weight is 226 g/mol. The summed E-state index contributed by atoms with van der Waals surface area (Å²) in [5.74, 6) is 0. The molecule has 0 aliphatic carbocycles. The number of nitrogens with one attached hydrogen (secondary N) is 1.